The van der Waals surface area contributed by atoms with Gasteiger partial charge in [0.2, 0.25) is 0 Å². The van der Waals surface area contributed by atoms with Crippen molar-refractivity contribution >= 4 is 0 Å². The van der Waals surface area contributed by atoms with E-state index >= 15 is 0 Å². The van der Waals surface area contributed by atoms with E-state index in [2.05, 4.69) is 15.5 Å². The Morgan fingerprint density at radius 1 is 1.70 bits per heavy atom. The number of aryl methyl sites for hydroxylation is 1. The Kier molecular flexibility index (Phi) is 2.01. The van der Waals surface area contributed by atoms with Crippen LogP contribution in [0.3, 0.4) is 0 Å². The molecule has 1 N–H and O–H groups in total. The maximum Gasteiger partial charge on any atom is 0.149 e. The van der Waals surface area contributed by atoms with Gasteiger partial charge in [-0.3, -0.25) is 0 Å². The van der Waals surface area contributed by atoms with Crippen molar-refractivity contribution in [3.05, 3.63) is 12.2 Å². The monoisotopic (exact) mass is 140 g/mol. The van der Waals surface area contributed by atoms with Gasteiger partial charge < -0.3 is 9.88 Å². The summed E-state index contributed by atoms with van der Waals surface area (Å²) >= 11 is 0. The number of nitrogens with one attached hydrogen (secondary N) is 1. The lowest BCUT2D eigenvalue weighted by atomic mass is 10.3. The van der Waals surface area contributed by atoms with E-state index < -0.39 is 0 Å². The van der Waals surface area contributed by atoms with Crippen molar-refractivity contribution in [2.75, 3.05) is 7.05 Å². The molecule has 0 aliphatic carbocycles. The molecule has 0 amide bonds. The van der Waals surface area contributed by atoms with Crippen molar-refractivity contribution in [1.82, 2.24) is 20.1 Å². The number of hydrogen-bond donors (Lipinski definition) is 1. The van der Waals surface area contributed by atoms with Crippen molar-refractivity contribution in [3.63, 3.8) is 0 Å². The first-order chi connectivity index (χ1) is 4.75. The summed E-state index contributed by atoms with van der Waals surface area (Å²) < 4.78 is 1.90. The summed E-state index contributed by atoms with van der Waals surface area (Å²) in [6, 6.07) is 0.271. The molecule has 4 heteroatoms. The molecule has 0 fully saturated rings. The van der Waals surface area contributed by atoms with E-state index in [0.29, 0.717) is 0 Å². The average molecular weight is 140 g/mol. The highest BCUT2D eigenvalue weighted by Gasteiger charge is 2.06. The summed E-state index contributed by atoms with van der Waals surface area (Å²) in [5, 5.41) is 10.8. The van der Waals surface area contributed by atoms with Crippen LogP contribution in [0.15, 0.2) is 6.33 Å². The third-order valence-electron chi connectivity index (χ3n) is 1.57. The highest BCUT2D eigenvalue weighted by atomic mass is 15.3. The molecular formula is C6H12N4. The first-order valence-corrected chi connectivity index (χ1v) is 3.27. The SMILES string of the molecule is CNC(C)c1nncn1C. The second-order valence-corrected chi connectivity index (χ2v) is 2.31. The largest absolute Gasteiger partial charge is 0.319 e. The van der Waals surface area contributed by atoms with Gasteiger partial charge in [-0.05, 0) is 14.0 Å². The minimum atomic E-state index is 0.271. The van der Waals surface area contributed by atoms with Gasteiger partial charge in [0.05, 0.1) is 6.04 Å². The van der Waals surface area contributed by atoms with Crippen LogP contribution < -0.4 is 5.32 Å². The zero-order valence-electron chi connectivity index (χ0n) is 6.50. The third-order valence-corrected chi connectivity index (χ3v) is 1.57. The van der Waals surface area contributed by atoms with Crippen LogP contribution in [0.5, 0.6) is 0 Å². The van der Waals surface area contributed by atoms with Crippen molar-refractivity contribution in [1.29, 1.82) is 0 Å². The topological polar surface area (TPSA) is 42.7 Å². The molecule has 1 aromatic rings. The summed E-state index contributed by atoms with van der Waals surface area (Å²) in [5.41, 5.74) is 0. The molecule has 0 spiro atoms. The molecule has 0 aliphatic rings. The van der Waals surface area contributed by atoms with Crippen molar-refractivity contribution in [2.24, 2.45) is 7.05 Å². The lowest BCUT2D eigenvalue weighted by Gasteiger charge is -2.07. The molecule has 0 saturated heterocycles. The second-order valence-electron chi connectivity index (χ2n) is 2.31. The van der Waals surface area contributed by atoms with E-state index in [1.54, 1.807) is 6.33 Å². The molecule has 10 heavy (non-hydrogen) atoms. The van der Waals surface area contributed by atoms with Crippen LogP contribution in [0.25, 0.3) is 0 Å². The third kappa shape index (κ3) is 1.16. The Morgan fingerprint density at radius 3 is 2.80 bits per heavy atom. The minimum absolute atomic E-state index is 0.271. The Balaban J connectivity index is 2.82. The smallest absolute Gasteiger partial charge is 0.149 e. The van der Waals surface area contributed by atoms with Crippen LogP contribution in [0.4, 0.5) is 0 Å². The van der Waals surface area contributed by atoms with E-state index in [4.69, 9.17) is 0 Å². The van der Waals surface area contributed by atoms with Gasteiger partial charge in [-0.1, -0.05) is 0 Å². The fraction of sp³-hybridized carbons (Fsp3) is 0.667. The summed E-state index contributed by atoms with van der Waals surface area (Å²) in [6.07, 6.45) is 1.70. The molecule has 0 bridgehead atoms. The Hall–Kier alpha value is -0.900. The maximum absolute atomic E-state index is 3.94. The highest BCUT2D eigenvalue weighted by molar-refractivity contribution is 4.90. The zero-order valence-corrected chi connectivity index (χ0v) is 6.50. The normalized spacial score (nSPS) is 13.5. The molecule has 56 valence electrons. The molecule has 1 unspecified atom stereocenters. The van der Waals surface area contributed by atoms with Crippen molar-refractivity contribution in [3.8, 4) is 0 Å². The predicted octanol–water partition coefficient (Wildman–Crippen LogP) is 0.0955. The predicted molar refractivity (Wildman–Crippen MR) is 38.5 cm³/mol. The van der Waals surface area contributed by atoms with Crippen molar-refractivity contribution < 1.29 is 0 Å². The molecule has 1 aromatic heterocycles. The Labute approximate surface area is 60.3 Å². The van der Waals surface area contributed by atoms with Crippen molar-refractivity contribution in [2.45, 2.75) is 13.0 Å². The van der Waals surface area contributed by atoms with E-state index in [9.17, 15) is 0 Å². The van der Waals surface area contributed by atoms with E-state index in [-0.39, 0.29) is 6.04 Å². The quantitative estimate of drug-likeness (QED) is 0.633. The van der Waals surface area contributed by atoms with Gasteiger partial charge in [-0.2, -0.15) is 0 Å². The summed E-state index contributed by atoms with van der Waals surface area (Å²) in [6.45, 7) is 2.05. The van der Waals surface area contributed by atoms with Gasteiger partial charge in [-0.25, -0.2) is 0 Å². The van der Waals surface area contributed by atoms with Gasteiger partial charge in [0.1, 0.15) is 12.2 Å². The molecule has 0 aromatic carbocycles. The first kappa shape index (κ1) is 7.21. The van der Waals surface area contributed by atoms with Crippen LogP contribution in [0.2, 0.25) is 0 Å². The fourth-order valence-electron chi connectivity index (χ4n) is 0.813. The van der Waals surface area contributed by atoms with Gasteiger partial charge in [-0.15, -0.1) is 10.2 Å². The summed E-state index contributed by atoms with van der Waals surface area (Å²) in [4.78, 5) is 0. The van der Waals surface area contributed by atoms with Gasteiger partial charge in [0.15, 0.2) is 0 Å². The second kappa shape index (κ2) is 2.79. The molecular weight excluding hydrogens is 128 g/mol. The summed E-state index contributed by atoms with van der Waals surface area (Å²) in [5.74, 6) is 0.961. The van der Waals surface area contributed by atoms with Crippen LogP contribution in [-0.4, -0.2) is 21.8 Å². The molecule has 0 aliphatic heterocycles. The molecule has 4 nitrogen and oxygen atoms in total. The molecule has 1 rings (SSSR count). The van der Waals surface area contributed by atoms with Gasteiger partial charge >= 0.3 is 0 Å². The van der Waals surface area contributed by atoms with Crippen LogP contribution >= 0.6 is 0 Å². The summed E-state index contributed by atoms with van der Waals surface area (Å²) in [7, 11) is 3.84. The maximum atomic E-state index is 3.94. The number of aromatic nitrogens is 3. The highest BCUT2D eigenvalue weighted by Crippen LogP contribution is 2.04. The molecule has 0 radical (unpaired) electrons. The van der Waals surface area contributed by atoms with E-state index in [0.717, 1.165) is 5.82 Å². The molecule has 1 heterocycles. The van der Waals surface area contributed by atoms with E-state index in [1.165, 1.54) is 0 Å². The lowest BCUT2D eigenvalue weighted by Crippen LogP contribution is -2.16. The average Bonchev–Trinajstić information content (AvgIpc) is 2.34. The van der Waals surface area contributed by atoms with Gasteiger partial charge in [0, 0.05) is 7.05 Å². The number of nitrogens with zero attached hydrogens (tertiary/aromatic N) is 3. The first-order valence-electron chi connectivity index (χ1n) is 3.27. The Bertz CT molecular complexity index is 205. The number of hydrogen-bond acceptors (Lipinski definition) is 3. The standard InChI is InChI=1S/C6H12N4/c1-5(7-2)6-9-8-4-10(6)3/h4-5,7H,1-3H3. The molecule has 0 saturated carbocycles. The van der Waals surface area contributed by atoms with Crippen LogP contribution in [0, 0.1) is 0 Å². The minimum Gasteiger partial charge on any atom is -0.319 e. The van der Waals surface area contributed by atoms with Crippen LogP contribution in [-0.2, 0) is 7.05 Å². The zero-order chi connectivity index (χ0) is 7.56. The fourth-order valence-corrected chi connectivity index (χ4v) is 0.813. The Morgan fingerprint density at radius 2 is 2.40 bits per heavy atom. The van der Waals surface area contributed by atoms with E-state index in [1.807, 2.05) is 25.6 Å². The lowest BCUT2D eigenvalue weighted by molar-refractivity contribution is 0.583. The molecule has 1 atom stereocenters. The van der Waals surface area contributed by atoms with Gasteiger partial charge in [0.25, 0.3) is 0 Å². The number of rotatable bonds is 2. The van der Waals surface area contributed by atoms with Crippen LogP contribution in [0.1, 0.15) is 18.8 Å².